The SMILES string of the molecule is O=C(O)C1(C#Cc2ccccc2)C2CCCCC21. The fourth-order valence-electron chi connectivity index (χ4n) is 3.38. The number of fused-ring (bicyclic) bond motifs is 1. The molecule has 2 aliphatic rings. The molecule has 2 aliphatic carbocycles. The summed E-state index contributed by atoms with van der Waals surface area (Å²) in [5.74, 6) is 6.00. The Bertz CT molecular complexity index is 509. The van der Waals surface area contributed by atoms with Gasteiger partial charge in [-0.25, -0.2) is 0 Å². The number of carboxylic acids is 1. The maximum absolute atomic E-state index is 11.6. The van der Waals surface area contributed by atoms with E-state index >= 15 is 0 Å². The molecule has 1 aromatic rings. The van der Waals surface area contributed by atoms with Gasteiger partial charge in [0.25, 0.3) is 0 Å². The Hall–Kier alpha value is -1.75. The van der Waals surface area contributed by atoms with E-state index in [4.69, 9.17) is 0 Å². The van der Waals surface area contributed by atoms with Crippen LogP contribution in [0.4, 0.5) is 0 Å². The van der Waals surface area contributed by atoms with Crippen molar-refractivity contribution in [1.29, 1.82) is 0 Å². The first-order valence-corrected chi connectivity index (χ1v) is 6.57. The van der Waals surface area contributed by atoms with Crippen molar-refractivity contribution in [1.82, 2.24) is 0 Å². The lowest BCUT2D eigenvalue weighted by Crippen LogP contribution is -2.16. The van der Waals surface area contributed by atoms with E-state index in [1.165, 1.54) is 0 Å². The van der Waals surface area contributed by atoms with Crippen LogP contribution in [0.3, 0.4) is 0 Å². The van der Waals surface area contributed by atoms with Crippen LogP contribution in [0.5, 0.6) is 0 Å². The van der Waals surface area contributed by atoms with Gasteiger partial charge in [-0.2, -0.15) is 0 Å². The molecule has 0 heterocycles. The predicted octanol–water partition coefficient (Wildman–Crippen LogP) is 2.93. The molecule has 2 heteroatoms. The first kappa shape index (κ1) is 11.3. The zero-order valence-corrected chi connectivity index (χ0v) is 10.2. The van der Waals surface area contributed by atoms with Crippen molar-refractivity contribution < 1.29 is 9.90 Å². The van der Waals surface area contributed by atoms with Crippen molar-refractivity contribution >= 4 is 5.97 Å². The van der Waals surface area contributed by atoms with Crippen LogP contribution >= 0.6 is 0 Å². The number of rotatable bonds is 1. The monoisotopic (exact) mass is 240 g/mol. The van der Waals surface area contributed by atoms with E-state index in [2.05, 4.69) is 11.8 Å². The Morgan fingerprint density at radius 2 is 1.78 bits per heavy atom. The number of benzene rings is 1. The molecule has 2 fully saturated rings. The molecule has 0 radical (unpaired) electrons. The van der Waals surface area contributed by atoms with Gasteiger partial charge < -0.3 is 5.11 Å². The van der Waals surface area contributed by atoms with Crippen LogP contribution < -0.4 is 0 Å². The molecule has 2 nitrogen and oxygen atoms in total. The van der Waals surface area contributed by atoms with Crippen molar-refractivity contribution in [2.24, 2.45) is 17.3 Å². The third kappa shape index (κ3) is 1.62. The Morgan fingerprint density at radius 1 is 1.17 bits per heavy atom. The minimum atomic E-state index is -0.744. The molecule has 18 heavy (non-hydrogen) atoms. The molecular formula is C16H16O2. The second-order valence-electron chi connectivity index (χ2n) is 5.29. The zero-order chi connectivity index (χ0) is 12.6. The van der Waals surface area contributed by atoms with Gasteiger partial charge in [0.05, 0.1) is 0 Å². The number of carbonyl (C=O) groups is 1. The molecule has 0 spiro atoms. The zero-order valence-electron chi connectivity index (χ0n) is 10.2. The second kappa shape index (κ2) is 4.17. The normalized spacial score (nSPS) is 32.9. The Labute approximate surface area is 107 Å². The van der Waals surface area contributed by atoms with E-state index in [1.807, 2.05) is 30.3 Å². The number of hydrogen-bond donors (Lipinski definition) is 1. The Kier molecular flexibility index (Phi) is 2.63. The van der Waals surface area contributed by atoms with Crippen LogP contribution in [0.2, 0.25) is 0 Å². The van der Waals surface area contributed by atoms with Crippen LogP contribution in [-0.2, 0) is 4.79 Å². The van der Waals surface area contributed by atoms with Gasteiger partial charge >= 0.3 is 5.97 Å². The Morgan fingerprint density at radius 3 is 2.33 bits per heavy atom. The van der Waals surface area contributed by atoms with Gasteiger partial charge in [-0.05, 0) is 36.8 Å². The van der Waals surface area contributed by atoms with E-state index in [0.29, 0.717) is 11.8 Å². The summed E-state index contributed by atoms with van der Waals surface area (Å²) in [6.07, 6.45) is 4.37. The van der Waals surface area contributed by atoms with Crippen molar-refractivity contribution in [3.05, 3.63) is 35.9 Å². The number of aliphatic carboxylic acids is 1. The minimum Gasteiger partial charge on any atom is -0.480 e. The van der Waals surface area contributed by atoms with Gasteiger partial charge in [0, 0.05) is 5.56 Å². The number of hydrogen-bond acceptors (Lipinski definition) is 1. The molecule has 2 saturated carbocycles. The van der Waals surface area contributed by atoms with Gasteiger partial charge in [-0.1, -0.05) is 42.9 Å². The van der Waals surface area contributed by atoms with E-state index in [9.17, 15) is 9.90 Å². The summed E-state index contributed by atoms with van der Waals surface area (Å²) >= 11 is 0. The summed E-state index contributed by atoms with van der Waals surface area (Å²) in [6.45, 7) is 0. The fraction of sp³-hybridized carbons (Fsp3) is 0.438. The molecule has 0 aliphatic heterocycles. The molecule has 3 rings (SSSR count). The molecule has 1 aromatic carbocycles. The molecule has 92 valence electrons. The molecule has 0 aromatic heterocycles. The van der Waals surface area contributed by atoms with Crippen LogP contribution in [0, 0.1) is 29.1 Å². The standard InChI is InChI=1S/C16H16O2/c17-15(18)16(13-8-4-5-9-14(13)16)11-10-12-6-2-1-3-7-12/h1-3,6-7,13-14H,4-5,8-9H2,(H,17,18). The average molecular weight is 240 g/mol. The summed E-state index contributed by atoms with van der Waals surface area (Å²) in [5.41, 5.74) is 0.161. The maximum Gasteiger partial charge on any atom is 0.322 e. The van der Waals surface area contributed by atoms with Crippen molar-refractivity contribution in [3.8, 4) is 11.8 Å². The maximum atomic E-state index is 11.6. The minimum absolute atomic E-state index is 0.292. The van der Waals surface area contributed by atoms with Crippen LogP contribution in [0.25, 0.3) is 0 Å². The highest BCUT2D eigenvalue weighted by molar-refractivity contribution is 5.84. The molecular weight excluding hydrogens is 224 g/mol. The molecule has 0 saturated heterocycles. The van der Waals surface area contributed by atoms with Gasteiger partial charge in [0.15, 0.2) is 0 Å². The second-order valence-corrected chi connectivity index (χ2v) is 5.29. The summed E-state index contributed by atoms with van der Waals surface area (Å²) in [6, 6.07) is 9.65. The largest absolute Gasteiger partial charge is 0.480 e. The average Bonchev–Trinajstić information content (AvgIpc) is 3.07. The summed E-state index contributed by atoms with van der Waals surface area (Å²) < 4.78 is 0. The summed E-state index contributed by atoms with van der Waals surface area (Å²) in [4.78, 5) is 11.6. The Balaban J connectivity index is 1.90. The highest BCUT2D eigenvalue weighted by Gasteiger charge is 2.69. The smallest absolute Gasteiger partial charge is 0.322 e. The molecule has 2 atom stereocenters. The van der Waals surface area contributed by atoms with Crippen LogP contribution in [0.1, 0.15) is 31.2 Å². The van der Waals surface area contributed by atoms with Crippen molar-refractivity contribution in [2.75, 3.05) is 0 Å². The first-order valence-electron chi connectivity index (χ1n) is 6.57. The third-order valence-electron chi connectivity index (χ3n) is 4.37. The van der Waals surface area contributed by atoms with Crippen molar-refractivity contribution in [2.45, 2.75) is 25.7 Å². The predicted molar refractivity (Wildman–Crippen MR) is 68.8 cm³/mol. The van der Waals surface area contributed by atoms with E-state index in [1.54, 1.807) is 0 Å². The van der Waals surface area contributed by atoms with Crippen LogP contribution in [0.15, 0.2) is 30.3 Å². The molecule has 2 unspecified atom stereocenters. The van der Waals surface area contributed by atoms with Gasteiger partial charge in [0.2, 0.25) is 0 Å². The summed E-state index contributed by atoms with van der Waals surface area (Å²) in [7, 11) is 0. The topological polar surface area (TPSA) is 37.3 Å². The number of carboxylic acid groups (broad SMARTS) is 1. The molecule has 0 amide bonds. The van der Waals surface area contributed by atoms with Gasteiger partial charge in [-0.3, -0.25) is 4.79 Å². The van der Waals surface area contributed by atoms with Crippen molar-refractivity contribution in [3.63, 3.8) is 0 Å². The lowest BCUT2D eigenvalue weighted by atomic mass is 10.0. The first-order chi connectivity index (χ1) is 8.75. The highest BCUT2D eigenvalue weighted by atomic mass is 16.4. The lowest BCUT2D eigenvalue weighted by Gasteiger charge is -2.04. The highest BCUT2D eigenvalue weighted by Crippen LogP contribution is 2.65. The third-order valence-corrected chi connectivity index (χ3v) is 4.37. The molecule has 1 N–H and O–H groups in total. The quantitative estimate of drug-likeness (QED) is 0.766. The fourth-order valence-corrected chi connectivity index (χ4v) is 3.38. The van der Waals surface area contributed by atoms with Crippen LogP contribution in [-0.4, -0.2) is 11.1 Å². The van der Waals surface area contributed by atoms with E-state index < -0.39 is 11.4 Å². The van der Waals surface area contributed by atoms with E-state index in [-0.39, 0.29) is 0 Å². The van der Waals surface area contributed by atoms with Gasteiger partial charge in [0.1, 0.15) is 5.41 Å². The van der Waals surface area contributed by atoms with Gasteiger partial charge in [-0.15, -0.1) is 0 Å². The summed E-state index contributed by atoms with van der Waals surface area (Å²) in [5, 5.41) is 9.51. The molecule has 0 bridgehead atoms. The van der Waals surface area contributed by atoms with E-state index in [0.717, 1.165) is 31.2 Å². The lowest BCUT2D eigenvalue weighted by molar-refractivity contribution is -0.142.